The highest BCUT2D eigenvalue weighted by atomic mass is 16.5. The third-order valence-electron chi connectivity index (χ3n) is 3.69. The van der Waals surface area contributed by atoms with Crippen LogP contribution < -0.4 is 20.1 Å². The molecule has 0 aliphatic rings. The van der Waals surface area contributed by atoms with E-state index < -0.39 is 24.5 Å². The van der Waals surface area contributed by atoms with Gasteiger partial charge in [-0.25, -0.2) is 4.79 Å². The van der Waals surface area contributed by atoms with Crippen LogP contribution in [0.15, 0.2) is 41.0 Å². The molecule has 2 rings (SSSR count). The summed E-state index contributed by atoms with van der Waals surface area (Å²) >= 11 is 0. The Morgan fingerprint density at radius 2 is 1.86 bits per heavy atom. The van der Waals surface area contributed by atoms with E-state index in [-0.39, 0.29) is 13.0 Å². The van der Waals surface area contributed by atoms with Gasteiger partial charge in [-0.15, -0.1) is 0 Å². The van der Waals surface area contributed by atoms with Gasteiger partial charge in [0.2, 0.25) is 0 Å². The number of nitrogens with one attached hydrogen (secondary N) is 2. The van der Waals surface area contributed by atoms with Crippen LogP contribution in [0.3, 0.4) is 0 Å². The van der Waals surface area contributed by atoms with Crippen LogP contribution in [0.4, 0.5) is 4.79 Å². The molecule has 9 nitrogen and oxygen atoms in total. The molecule has 2 aromatic rings. The highest BCUT2D eigenvalue weighted by molar-refractivity contribution is 5.95. The summed E-state index contributed by atoms with van der Waals surface area (Å²) < 4.78 is 20.3. The highest BCUT2D eigenvalue weighted by Gasteiger charge is 2.12. The van der Waals surface area contributed by atoms with Crippen molar-refractivity contribution in [3.8, 4) is 11.5 Å². The number of carbonyl (C=O) groups excluding carboxylic acids is 3. The Hall–Kier alpha value is -3.49. The number of imide groups is 1. The van der Waals surface area contributed by atoms with Crippen molar-refractivity contribution in [2.45, 2.75) is 19.4 Å². The second-order valence-corrected chi connectivity index (χ2v) is 5.66. The first-order chi connectivity index (χ1) is 13.5. The topological polar surface area (TPSA) is 116 Å². The van der Waals surface area contributed by atoms with Crippen LogP contribution in [0.5, 0.6) is 11.5 Å². The number of urea groups is 1. The molecule has 1 aromatic heterocycles. The van der Waals surface area contributed by atoms with Gasteiger partial charge in [-0.3, -0.25) is 14.9 Å². The van der Waals surface area contributed by atoms with Crippen molar-refractivity contribution in [1.29, 1.82) is 0 Å². The molecule has 0 saturated heterocycles. The lowest BCUT2D eigenvalue weighted by molar-refractivity contribution is -0.148. The molecule has 0 aliphatic heterocycles. The summed E-state index contributed by atoms with van der Waals surface area (Å²) in [6.07, 6.45) is 1.96. The van der Waals surface area contributed by atoms with Gasteiger partial charge in [0.25, 0.3) is 5.91 Å². The number of carbonyl (C=O) groups is 3. The third-order valence-corrected chi connectivity index (χ3v) is 3.69. The molecule has 9 heteroatoms. The van der Waals surface area contributed by atoms with Gasteiger partial charge in [0.05, 0.1) is 27.0 Å². The molecule has 0 saturated carbocycles. The van der Waals surface area contributed by atoms with E-state index in [1.165, 1.54) is 20.5 Å². The Balaban J connectivity index is 1.67. The van der Waals surface area contributed by atoms with Crippen molar-refractivity contribution in [2.75, 3.05) is 20.8 Å². The first-order valence-corrected chi connectivity index (χ1v) is 8.48. The number of methoxy groups -OCH3 is 2. The molecular formula is C19H22N2O7. The number of rotatable bonds is 9. The van der Waals surface area contributed by atoms with Gasteiger partial charge < -0.3 is 23.9 Å². The summed E-state index contributed by atoms with van der Waals surface area (Å²) in [7, 11) is 3.07. The quantitative estimate of drug-likeness (QED) is 0.627. The molecule has 0 radical (unpaired) electrons. The predicted molar refractivity (Wildman–Crippen MR) is 97.9 cm³/mol. The van der Waals surface area contributed by atoms with Crippen LogP contribution in [0.1, 0.15) is 17.7 Å². The summed E-state index contributed by atoms with van der Waals surface area (Å²) in [6.45, 7) is -0.407. The monoisotopic (exact) mass is 390 g/mol. The zero-order valence-electron chi connectivity index (χ0n) is 15.7. The molecule has 150 valence electrons. The fourth-order valence-corrected chi connectivity index (χ4v) is 2.29. The van der Waals surface area contributed by atoms with Crippen LogP contribution in [0.25, 0.3) is 0 Å². The highest BCUT2D eigenvalue weighted by Crippen LogP contribution is 2.27. The number of ether oxygens (including phenoxy) is 3. The van der Waals surface area contributed by atoms with Crippen molar-refractivity contribution < 1.29 is 33.0 Å². The largest absolute Gasteiger partial charge is 0.493 e. The van der Waals surface area contributed by atoms with Gasteiger partial charge in [-0.2, -0.15) is 0 Å². The molecule has 1 aromatic carbocycles. The maximum atomic E-state index is 11.8. The third kappa shape index (κ3) is 6.67. The van der Waals surface area contributed by atoms with Gasteiger partial charge in [0.15, 0.2) is 18.1 Å². The van der Waals surface area contributed by atoms with E-state index in [1.54, 1.807) is 24.3 Å². The van der Waals surface area contributed by atoms with Crippen molar-refractivity contribution in [1.82, 2.24) is 10.6 Å². The van der Waals surface area contributed by atoms with E-state index in [4.69, 9.17) is 18.6 Å². The number of hydrogen-bond donors (Lipinski definition) is 2. The fourth-order valence-electron chi connectivity index (χ4n) is 2.29. The van der Waals surface area contributed by atoms with Gasteiger partial charge in [0.1, 0.15) is 5.76 Å². The van der Waals surface area contributed by atoms with Gasteiger partial charge >= 0.3 is 12.0 Å². The summed E-state index contributed by atoms with van der Waals surface area (Å²) in [5.41, 5.74) is 0.858. The normalized spacial score (nSPS) is 10.1. The van der Waals surface area contributed by atoms with Crippen LogP contribution >= 0.6 is 0 Å². The molecule has 0 aliphatic carbocycles. The summed E-state index contributed by atoms with van der Waals surface area (Å²) in [6, 6.07) is 7.98. The van der Waals surface area contributed by atoms with E-state index in [0.717, 1.165) is 5.56 Å². The second kappa shape index (κ2) is 10.6. The molecule has 0 unspecified atom stereocenters. The molecule has 0 bridgehead atoms. The van der Waals surface area contributed by atoms with E-state index in [2.05, 4.69) is 10.6 Å². The first-order valence-electron chi connectivity index (χ1n) is 8.48. The molecule has 0 atom stereocenters. The number of furan rings is 1. The Bertz CT molecular complexity index is 803. The number of hydrogen-bond acceptors (Lipinski definition) is 7. The van der Waals surface area contributed by atoms with E-state index in [9.17, 15) is 14.4 Å². The number of amides is 3. The number of aryl methyl sites for hydroxylation is 1. The van der Waals surface area contributed by atoms with Crippen LogP contribution in [-0.2, 0) is 27.3 Å². The van der Waals surface area contributed by atoms with Crippen LogP contribution in [0.2, 0.25) is 0 Å². The zero-order chi connectivity index (χ0) is 20.4. The van der Waals surface area contributed by atoms with Gasteiger partial charge in [-0.05, 0) is 36.2 Å². The maximum absolute atomic E-state index is 11.8. The summed E-state index contributed by atoms with van der Waals surface area (Å²) in [5, 5.41) is 4.50. The minimum atomic E-state index is -0.726. The van der Waals surface area contributed by atoms with Gasteiger partial charge in [-0.1, -0.05) is 6.07 Å². The number of esters is 1. The van der Waals surface area contributed by atoms with E-state index in [1.807, 2.05) is 6.07 Å². The second-order valence-electron chi connectivity index (χ2n) is 5.66. The minimum absolute atomic E-state index is 0.0768. The molecule has 28 heavy (non-hydrogen) atoms. The average Bonchev–Trinajstić information content (AvgIpc) is 3.22. The van der Waals surface area contributed by atoms with E-state index >= 15 is 0 Å². The van der Waals surface area contributed by atoms with Crippen LogP contribution in [0, 0.1) is 0 Å². The maximum Gasteiger partial charge on any atom is 0.321 e. The first kappa shape index (κ1) is 20.8. The Labute approximate surface area is 161 Å². The Morgan fingerprint density at radius 1 is 1.07 bits per heavy atom. The summed E-state index contributed by atoms with van der Waals surface area (Å²) in [5.74, 6) is 0.422. The molecule has 0 fully saturated rings. The fraction of sp³-hybridized carbons (Fsp3) is 0.316. The Morgan fingerprint density at radius 3 is 2.54 bits per heavy atom. The average molecular weight is 390 g/mol. The molecule has 1 heterocycles. The Kier molecular flexibility index (Phi) is 7.89. The smallest absolute Gasteiger partial charge is 0.321 e. The molecule has 3 amide bonds. The van der Waals surface area contributed by atoms with Crippen molar-refractivity contribution in [3.05, 3.63) is 47.9 Å². The molecule has 0 spiro atoms. The van der Waals surface area contributed by atoms with Crippen LogP contribution in [-0.4, -0.2) is 38.7 Å². The van der Waals surface area contributed by atoms with E-state index in [0.29, 0.717) is 23.7 Å². The number of benzene rings is 1. The lowest BCUT2D eigenvalue weighted by Crippen LogP contribution is -2.41. The predicted octanol–water partition coefficient (Wildman–Crippen LogP) is 1.80. The lowest BCUT2D eigenvalue weighted by atomic mass is 10.1. The zero-order valence-corrected chi connectivity index (χ0v) is 15.7. The van der Waals surface area contributed by atoms with Crippen molar-refractivity contribution in [3.63, 3.8) is 0 Å². The SMILES string of the molecule is COc1ccc(CCC(=O)OCC(=O)NC(=O)NCc2ccco2)cc1OC. The summed E-state index contributed by atoms with van der Waals surface area (Å²) in [4.78, 5) is 35.0. The van der Waals surface area contributed by atoms with Crippen molar-refractivity contribution in [2.24, 2.45) is 0 Å². The minimum Gasteiger partial charge on any atom is -0.493 e. The standard InChI is InChI=1S/C19H22N2O7/c1-25-15-7-5-13(10-16(15)26-2)6-8-18(23)28-12-17(22)21-19(24)20-11-14-4-3-9-27-14/h3-5,7,9-10H,6,8,11-12H2,1-2H3,(H2,20,21,22,24). The van der Waals surface area contributed by atoms with Crippen molar-refractivity contribution >= 4 is 17.9 Å². The lowest BCUT2D eigenvalue weighted by Gasteiger charge is -2.09. The molecular weight excluding hydrogens is 368 g/mol. The van der Waals surface area contributed by atoms with Gasteiger partial charge in [0, 0.05) is 6.42 Å². The molecule has 2 N–H and O–H groups in total.